The maximum Gasteiger partial charge on any atom is 0.401 e. The first-order valence-electron chi connectivity index (χ1n) is 6.10. The van der Waals surface area contributed by atoms with Crippen molar-refractivity contribution in [3.05, 3.63) is 35.4 Å². The van der Waals surface area contributed by atoms with Crippen LogP contribution in [0.5, 0.6) is 0 Å². The second-order valence-corrected chi connectivity index (χ2v) is 4.58. The fourth-order valence-corrected chi connectivity index (χ4v) is 2.27. The second kappa shape index (κ2) is 5.61. The molecule has 1 aromatic rings. The van der Waals surface area contributed by atoms with Crippen molar-refractivity contribution < 1.29 is 18.0 Å². The summed E-state index contributed by atoms with van der Waals surface area (Å²) in [7, 11) is 0. The van der Waals surface area contributed by atoms with Crippen LogP contribution in [0, 0.1) is 0 Å². The zero-order valence-corrected chi connectivity index (χ0v) is 10.3. The number of amides is 1. The number of benzene rings is 1. The molecule has 0 fully saturated rings. The summed E-state index contributed by atoms with van der Waals surface area (Å²) in [6.45, 7) is -1.47. The van der Waals surface area contributed by atoms with Crippen LogP contribution in [-0.2, 0) is 11.2 Å². The van der Waals surface area contributed by atoms with Gasteiger partial charge >= 0.3 is 6.18 Å². The lowest BCUT2D eigenvalue weighted by molar-refractivity contribution is -0.128. The smallest absolute Gasteiger partial charge is 0.348 e. The van der Waals surface area contributed by atoms with E-state index in [9.17, 15) is 18.0 Å². The molecule has 1 aromatic carbocycles. The highest BCUT2D eigenvalue weighted by Crippen LogP contribution is 2.30. The highest BCUT2D eigenvalue weighted by atomic mass is 19.4. The van der Waals surface area contributed by atoms with Gasteiger partial charge in [-0.1, -0.05) is 24.3 Å². The van der Waals surface area contributed by atoms with Crippen LogP contribution in [0.4, 0.5) is 13.2 Å². The molecule has 0 saturated heterocycles. The predicted molar refractivity (Wildman–Crippen MR) is 64.6 cm³/mol. The molecule has 1 amide bonds. The number of carbonyl (C=O) groups excluding carboxylic acids is 1. The Morgan fingerprint density at radius 1 is 1.32 bits per heavy atom. The van der Waals surface area contributed by atoms with Crippen LogP contribution in [-0.4, -0.2) is 25.2 Å². The first kappa shape index (κ1) is 13.9. The minimum Gasteiger partial charge on any atom is -0.348 e. The van der Waals surface area contributed by atoms with Gasteiger partial charge < -0.3 is 10.6 Å². The molecule has 2 rings (SSSR count). The maximum atomic E-state index is 11.9. The Balaban J connectivity index is 1.81. The van der Waals surface area contributed by atoms with E-state index >= 15 is 0 Å². The maximum absolute atomic E-state index is 11.9. The monoisotopic (exact) mass is 272 g/mol. The molecule has 1 aliphatic rings. The number of fused-ring (bicyclic) bond motifs is 1. The summed E-state index contributed by atoms with van der Waals surface area (Å²) >= 11 is 0. The number of aryl methyl sites for hydroxylation is 1. The highest BCUT2D eigenvalue weighted by molar-refractivity contribution is 5.78. The molecule has 1 unspecified atom stereocenters. The van der Waals surface area contributed by atoms with Crippen LogP contribution in [0.1, 0.15) is 23.6 Å². The van der Waals surface area contributed by atoms with Gasteiger partial charge in [0, 0.05) is 0 Å². The Bertz CT molecular complexity index is 459. The van der Waals surface area contributed by atoms with E-state index in [1.54, 1.807) is 0 Å². The topological polar surface area (TPSA) is 41.1 Å². The van der Waals surface area contributed by atoms with Crippen molar-refractivity contribution in [2.75, 3.05) is 13.1 Å². The molecular formula is C13H15F3N2O. The summed E-state index contributed by atoms with van der Waals surface area (Å²) < 4.78 is 35.7. The lowest BCUT2D eigenvalue weighted by atomic mass is 10.1. The van der Waals surface area contributed by atoms with E-state index in [1.165, 1.54) is 5.56 Å². The van der Waals surface area contributed by atoms with Crippen LogP contribution in [0.3, 0.4) is 0 Å². The quantitative estimate of drug-likeness (QED) is 0.879. The van der Waals surface area contributed by atoms with E-state index in [2.05, 4.69) is 10.6 Å². The molecule has 0 bridgehead atoms. The molecule has 0 aromatic heterocycles. The number of rotatable bonds is 4. The van der Waals surface area contributed by atoms with Gasteiger partial charge in [0.15, 0.2) is 0 Å². The minimum absolute atomic E-state index is 0.0867. The Hall–Kier alpha value is -1.56. The molecular weight excluding hydrogens is 257 g/mol. The lowest BCUT2D eigenvalue weighted by Gasteiger charge is -2.14. The molecule has 6 heteroatoms. The molecule has 1 aliphatic carbocycles. The lowest BCUT2D eigenvalue weighted by Crippen LogP contribution is -2.39. The third-order valence-corrected chi connectivity index (χ3v) is 3.08. The Morgan fingerprint density at radius 3 is 2.79 bits per heavy atom. The van der Waals surface area contributed by atoms with Gasteiger partial charge in [0.25, 0.3) is 0 Å². The van der Waals surface area contributed by atoms with Gasteiger partial charge in [-0.3, -0.25) is 4.79 Å². The van der Waals surface area contributed by atoms with Gasteiger partial charge in [-0.2, -0.15) is 13.2 Å². The van der Waals surface area contributed by atoms with Crippen molar-refractivity contribution in [3.8, 4) is 0 Å². The molecule has 104 valence electrons. The summed E-state index contributed by atoms with van der Waals surface area (Å²) in [5, 5.41) is 4.84. The largest absolute Gasteiger partial charge is 0.401 e. The summed E-state index contributed by atoms with van der Waals surface area (Å²) in [6.07, 6.45) is -2.61. The van der Waals surface area contributed by atoms with Gasteiger partial charge in [-0.25, -0.2) is 0 Å². The molecule has 3 nitrogen and oxygen atoms in total. The number of hydrogen-bond acceptors (Lipinski definition) is 2. The predicted octanol–water partition coefficient (Wildman–Crippen LogP) is 1.94. The van der Waals surface area contributed by atoms with E-state index in [0.29, 0.717) is 0 Å². The first-order valence-corrected chi connectivity index (χ1v) is 6.10. The van der Waals surface area contributed by atoms with Crippen molar-refractivity contribution >= 4 is 5.91 Å². The van der Waals surface area contributed by atoms with Crippen molar-refractivity contribution in [2.24, 2.45) is 0 Å². The molecule has 0 radical (unpaired) electrons. The Labute approximate surface area is 109 Å². The second-order valence-electron chi connectivity index (χ2n) is 4.58. The average Bonchev–Trinajstić information content (AvgIpc) is 2.71. The summed E-state index contributed by atoms with van der Waals surface area (Å²) in [5.74, 6) is -0.411. The molecule has 0 saturated carbocycles. The molecule has 19 heavy (non-hydrogen) atoms. The third-order valence-electron chi connectivity index (χ3n) is 3.08. The van der Waals surface area contributed by atoms with Gasteiger partial charge in [0.1, 0.15) is 0 Å². The zero-order valence-electron chi connectivity index (χ0n) is 10.3. The van der Waals surface area contributed by atoms with Crippen molar-refractivity contribution in [1.82, 2.24) is 10.6 Å². The van der Waals surface area contributed by atoms with E-state index in [0.717, 1.165) is 18.4 Å². The highest BCUT2D eigenvalue weighted by Gasteiger charge is 2.27. The molecule has 2 N–H and O–H groups in total. The fourth-order valence-electron chi connectivity index (χ4n) is 2.27. The normalized spacial score (nSPS) is 18.2. The first-order chi connectivity index (χ1) is 8.96. The van der Waals surface area contributed by atoms with E-state index < -0.39 is 18.6 Å². The number of carbonyl (C=O) groups is 1. The van der Waals surface area contributed by atoms with Crippen molar-refractivity contribution in [1.29, 1.82) is 0 Å². The molecule has 0 spiro atoms. The van der Waals surface area contributed by atoms with Crippen LogP contribution < -0.4 is 10.6 Å². The summed E-state index contributed by atoms with van der Waals surface area (Å²) in [5.41, 5.74) is 2.25. The number of hydrogen-bond donors (Lipinski definition) is 2. The Morgan fingerprint density at radius 2 is 2.05 bits per heavy atom. The summed E-state index contributed by atoms with van der Waals surface area (Å²) in [4.78, 5) is 11.6. The van der Waals surface area contributed by atoms with Gasteiger partial charge in [-0.05, 0) is 24.0 Å². The van der Waals surface area contributed by atoms with E-state index in [1.807, 2.05) is 24.3 Å². The van der Waals surface area contributed by atoms with Crippen LogP contribution in [0.15, 0.2) is 24.3 Å². The third kappa shape index (κ3) is 3.96. The number of halogens is 3. The SMILES string of the molecule is O=C(CNCC(F)(F)F)NC1CCc2ccccc21. The standard InChI is InChI=1S/C13H15F3N2O/c14-13(15,16)8-17-7-12(19)18-11-6-5-9-3-1-2-4-10(9)11/h1-4,11,17H,5-8H2,(H,18,19). The van der Waals surface area contributed by atoms with Crippen molar-refractivity contribution in [2.45, 2.75) is 25.1 Å². The van der Waals surface area contributed by atoms with Crippen molar-refractivity contribution in [3.63, 3.8) is 0 Å². The molecule has 1 atom stereocenters. The van der Waals surface area contributed by atoms with Gasteiger partial charge in [0.2, 0.25) is 5.91 Å². The van der Waals surface area contributed by atoms with Crippen LogP contribution >= 0.6 is 0 Å². The Kier molecular flexibility index (Phi) is 4.09. The van der Waals surface area contributed by atoms with Gasteiger partial charge in [0.05, 0.1) is 19.1 Å². The number of alkyl halides is 3. The van der Waals surface area contributed by atoms with Crippen LogP contribution in [0.25, 0.3) is 0 Å². The van der Waals surface area contributed by atoms with Gasteiger partial charge in [-0.15, -0.1) is 0 Å². The zero-order chi connectivity index (χ0) is 13.9. The number of nitrogens with one attached hydrogen (secondary N) is 2. The molecule has 0 aliphatic heterocycles. The minimum atomic E-state index is -4.29. The molecule has 0 heterocycles. The average molecular weight is 272 g/mol. The summed E-state index contributed by atoms with van der Waals surface area (Å²) in [6, 6.07) is 7.69. The van der Waals surface area contributed by atoms with E-state index in [4.69, 9.17) is 0 Å². The fraction of sp³-hybridized carbons (Fsp3) is 0.462. The van der Waals surface area contributed by atoms with E-state index in [-0.39, 0.29) is 12.6 Å². The van der Waals surface area contributed by atoms with Crippen LogP contribution in [0.2, 0.25) is 0 Å².